The van der Waals surface area contributed by atoms with Crippen LogP contribution in [0.4, 0.5) is 5.13 Å². The topological polar surface area (TPSA) is 451 Å². The number of hydrogen-bond donors (Lipinski definition) is 1. The van der Waals surface area contributed by atoms with E-state index in [1.165, 1.54) is 17.6 Å². The number of benzene rings is 5. The van der Waals surface area contributed by atoms with E-state index in [0.717, 1.165) is 70.1 Å². The largest absolute Gasteiger partial charge is 0.490 e. The van der Waals surface area contributed by atoms with Crippen molar-refractivity contribution in [3.8, 4) is 28.7 Å². The molecular weight excluding hydrogens is 1910 g/mol. The fourth-order valence-electron chi connectivity index (χ4n) is 13.6. The number of unbranched alkanes of at least 4 members (excludes halogenated alkanes) is 4. The number of hydrazone groups is 1. The van der Waals surface area contributed by atoms with Crippen molar-refractivity contribution in [1.29, 1.82) is 0 Å². The molecule has 8 atom stereocenters. The molecule has 9 rings (SSSR count). The Morgan fingerprint density at radius 2 is 0.760 bits per heavy atom. The molecule has 3 aliphatic carbocycles. The zero-order chi connectivity index (χ0) is 105. The minimum atomic E-state index is -0.911. The molecule has 0 aliphatic heterocycles. The van der Waals surface area contributed by atoms with E-state index >= 15 is 0 Å². The monoisotopic (exact) mass is 2030 g/mol. The fourth-order valence-corrected chi connectivity index (χ4v) is 14.4. The summed E-state index contributed by atoms with van der Waals surface area (Å²) in [4.78, 5) is 149. The molecule has 0 amide bonds. The van der Waals surface area contributed by atoms with E-state index in [-0.39, 0.29) is 166 Å². The van der Waals surface area contributed by atoms with Gasteiger partial charge in [0.25, 0.3) is 0 Å². The van der Waals surface area contributed by atoms with Crippen LogP contribution in [0.5, 0.6) is 28.7 Å². The molecule has 146 heavy (non-hydrogen) atoms. The van der Waals surface area contributed by atoms with E-state index in [0.29, 0.717) is 110 Å². The lowest BCUT2D eigenvalue weighted by Crippen LogP contribution is -2.31. The lowest BCUT2D eigenvalue weighted by molar-refractivity contribution is -0.157. The molecule has 38 heteroatoms. The van der Waals surface area contributed by atoms with Gasteiger partial charge < -0.3 is 94.7 Å². The summed E-state index contributed by atoms with van der Waals surface area (Å²) in [5, 5.41) is 14.2. The number of allylic oxidation sites excluding steroid dienone is 8. The van der Waals surface area contributed by atoms with E-state index in [1.807, 2.05) is 36.4 Å². The Balaban J connectivity index is 0.000000363. The third-order valence-electron chi connectivity index (χ3n) is 20.8. The maximum absolute atomic E-state index is 13.7. The van der Waals surface area contributed by atoms with Gasteiger partial charge in [-0.15, -0.1) is 0 Å². The van der Waals surface area contributed by atoms with E-state index < -0.39 is 96.0 Å². The van der Waals surface area contributed by atoms with Gasteiger partial charge in [-0.2, -0.15) is 15.3 Å². The van der Waals surface area contributed by atoms with Gasteiger partial charge >= 0.3 is 71.6 Å². The van der Waals surface area contributed by atoms with Crippen LogP contribution in [0, 0.1) is 23.7 Å². The van der Waals surface area contributed by atoms with E-state index in [4.69, 9.17) is 99.8 Å². The molecule has 0 radical (unpaired) electrons. The molecule has 0 spiro atoms. The van der Waals surface area contributed by atoms with Crippen LogP contribution in [0.15, 0.2) is 274 Å². The highest BCUT2D eigenvalue weighted by atomic mass is 32.1. The average molecular weight is 2030 g/mol. The minimum absolute atomic E-state index is 0.0206. The molecule has 1 saturated carbocycles. The zero-order valence-corrected chi connectivity index (χ0v) is 81.9. The van der Waals surface area contributed by atoms with Crippen LogP contribution in [0.25, 0.3) is 10.2 Å². The number of carbonyl (C=O) groups excluding carboxylic acids is 12. The third kappa shape index (κ3) is 44.1. The van der Waals surface area contributed by atoms with Crippen LogP contribution >= 0.6 is 11.3 Å². The molecule has 8 unspecified atom stereocenters. The molecule has 6 aromatic rings. The number of nitrogens with one attached hydrogen (secondary N) is 1. The Hall–Kier alpha value is -15.6. The maximum Gasteiger partial charge on any atom is 0.343 e. The normalized spacial score (nSPS) is 14.7. The Morgan fingerprint density at radius 1 is 0.370 bits per heavy atom. The van der Waals surface area contributed by atoms with Crippen molar-refractivity contribution in [2.24, 2.45) is 39.0 Å². The van der Waals surface area contributed by atoms with Crippen molar-refractivity contribution in [3.63, 3.8) is 0 Å². The number of fused-ring (bicyclic) bond motifs is 4. The summed E-state index contributed by atoms with van der Waals surface area (Å²) in [5.41, 5.74) is 6.81. The number of anilines is 1. The number of esters is 12. The summed E-state index contributed by atoms with van der Waals surface area (Å²) in [6, 6.07) is 30.2. The molecule has 1 N–H and O–H groups in total. The van der Waals surface area contributed by atoms with Crippen molar-refractivity contribution in [2.45, 2.75) is 95.0 Å². The second-order valence-corrected chi connectivity index (χ2v) is 32.7. The van der Waals surface area contributed by atoms with Gasteiger partial charge in [0.15, 0.2) is 24.4 Å². The predicted molar refractivity (Wildman–Crippen MR) is 539 cm³/mol. The number of para-hydroxylation sites is 1. The number of thiazole rings is 1. The van der Waals surface area contributed by atoms with E-state index in [2.05, 4.69) is 110 Å². The highest BCUT2D eigenvalue weighted by molar-refractivity contribution is 7.22. The quantitative estimate of drug-likeness (QED) is 0.00704. The van der Waals surface area contributed by atoms with Gasteiger partial charge in [-0.1, -0.05) is 131 Å². The van der Waals surface area contributed by atoms with Crippen molar-refractivity contribution in [3.05, 3.63) is 287 Å². The van der Waals surface area contributed by atoms with Gasteiger partial charge in [0.05, 0.1) is 112 Å². The first-order chi connectivity index (χ1) is 71.0. The molecule has 1 aromatic heterocycles. The van der Waals surface area contributed by atoms with Crippen molar-refractivity contribution >= 4 is 116 Å². The van der Waals surface area contributed by atoms with Gasteiger partial charge in [0, 0.05) is 104 Å². The number of rotatable bonds is 69. The minimum Gasteiger partial charge on any atom is -0.490 e. The molecular formula is C108H121N5O32S. The molecule has 0 saturated heterocycles. The Bertz CT molecular complexity index is 5530. The third-order valence-corrected chi connectivity index (χ3v) is 21.8. The summed E-state index contributed by atoms with van der Waals surface area (Å²) in [6.07, 6.45) is 29.4. The standard InChI is InChI=1S/C62H66N2O16.C46H55N3O16S/c1-5-56(65)73-34-15-13-32-71-39-49(78-58(67)7-3)41-76-47-26-22-44(23-27-47)61(69)75-36-31-43-21-30-55(46(37-43)38-63-64-60-53-19-11-9-17-51(53)52-18-10-12-20-54(52)60)80-62(70)45-24-28-48(29-25-45)77-42-50(79-59(68)8-4)40-72-33-14-16-35-74-57(66)6-2;1-5-40(50)58-23-13-11-21-56-29-35(64-44(54)19-25-60-42(52)7-3)31-62-34-17-18-38(33(27-34)28-47-49-46-48-37-15-9-10-16-39(37)66-46)63-32-36(65-45(55)20-26-61-43(53)8-4)30-57-22-12-14-24-59-41(51)6-2/h5-12,17-30,37-38,49-54H,1-4,13-16,31-36,39-42H2;5-10,15-18,27-28,35-36H,1-4,11-14,19-26,29-32H2,(H,48,49)/b63-38+,64-60?;47-28+. The van der Waals surface area contributed by atoms with Crippen molar-refractivity contribution in [1.82, 2.24) is 4.98 Å². The zero-order valence-electron chi connectivity index (χ0n) is 81.0. The molecule has 1 heterocycles. The average Bonchev–Trinajstić information content (AvgIpc) is 1.61. The highest BCUT2D eigenvalue weighted by Crippen LogP contribution is 2.46. The van der Waals surface area contributed by atoms with Crippen molar-refractivity contribution < 1.29 is 152 Å². The first-order valence-electron chi connectivity index (χ1n) is 47.0. The van der Waals surface area contributed by atoms with Gasteiger partial charge in [0.2, 0.25) is 5.13 Å². The maximum atomic E-state index is 13.7. The van der Waals surface area contributed by atoms with Gasteiger partial charge in [-0.25, -0.2) is 52.9 Å². The van der Waals surface area contributed by atoms with Crippen LogP contribution in [0.2, 0.25) is 0 Å². The molecule has 776 valence electrons. The number of ether oxygens (including phenoxy) is 20. The lowest BCUT2D eigenvalue weighted by atomic mass is 9.83. The fraction of sp³-hybridized carbons (Fsp3) is 0.352. The van der Waals surface area contributed by atoms with Gasteiger partial charge in [-0.3, -0.25) is 15.0 Å². The Labute approximate surface area is 849 Å². The first kappa shape index (κ1) is 116. The van der Waals surface area contributed by atoms with Crippen LogP contribution in [0.3, 0.4) is 0 Å². The summed E-state index contributed by atoms with van der Waals surface area (Å²) < 4.78 is 111. The summed E-state index contributed by atoms with van der Waals surface area (Å²) in [6.45, 7) is 28.2. The lowest BCUT2D eigenvalue weighted by Gasteiger charge is -2.21. The SMILES string of the molecule is C=CC(=O)OCCCCOCC(COc1ccc(C(=O)OCCc2ccc(OC(=O)c3ccc(OCC(COCCCCOC(=O)C=C)OC(=O)C=C)cc3)c(/C=N/N=C3C4C=CC=CC4C4C=CC=CC34)c2)cc1)OC(=O)C=C.C=CC(=O)OCCCCOCC(COc1ccc(OCC(COCCCCOC(=O)C=C)OC(=O)CCOC(=O)C=C)c(/C=N/Nc2nc3ccccc3s2)c1)OC(=O)CCOC(=O)C=C. The number of aromatic nitrogens is 1. The second-order valence-electron chi connectivity index (χ2n) is 31.6. The van der Waals surface area contributed by atoms with Crippen molar-refractivity contribution in [2.75, 3.05) is 131 Å². The van der Waals surface area contributed by atoms with Crippen LogP contribution in [-0.2, 0) is 125 Å². The molecule has 0 bridgehead atoms. The summed E-state index contributed by atoms with van der Waals surface area (Å²) in [7, 11) is 0. The van der Waals surface area contributed by atoms with Crippen LogP contribution in [0.1, 0.15) is 102 Å². The highest BCUT2D eigenvalue weighted by Gasteiger charge is 2.45. The first-order valence-corrected chi connectivity index (χ1v) is 47.8. The summed E-state index contributed by atoms with van der Waals surface area (Å²) in [5.74, 6) is -4.92. The summed E-state index contributed by atoms with van der Waals surface area (Å²) >= 11 is 1.40. The smallest absolute Gasteiger partial charge is 0.343 e. The Kier molecular flexibility index (Phi) is 53.1. The predicted octanol–water partition coefficient (Wildman–Crippen LogP) is 14.4. The van der Waals surface area contributed by atoms with Crippen LogP contribution in [-0.4, -0.2) is 245 Å². The van der Waals surface area contributed by atoms with E-state index in [9.17, 15) is 57.5 Å². The molecule has 1 fully saturated rings. The number of carbonyl (C=O) groups is 12. The number of hydrogen-bond acceptors (Lipinski definition) is 38. The van der Waals surface area contributed by atoms with Gasteiger partial charge in [0.1, 0.15) is 68.4 Å². The van der Waals surface area contributed by atoms with Crippen LogP contribution < -0.4 is 29.1 Å². The van der Waals surface area contributed by atoms with E-state index in [1.54, 1.807) is 91.1 Å². The van der Waals surface area contributed by atoms with Gasteiger partial charge in [-0.05, 0) is 160 Å². The molecule has 3 aliphatic rings. The Morgan fingerprint density at radius 3 is 1.21 bits per heavy atom. The molecule has 5 aromatic carbocycles. The molecule has 37 nitrogen and oxygen atoms in total. The second kappa shape index (κ2) is 67.0. The number of nitrogens with zero attached hydrogens (tertiary/aromatic N) is 4.